The van der Waals surface area contributed by atoms with E-state index in [4.69, 9.17) is 16.7 Å². The number of carbonyl (C=O) groups excluding carboxylic acids is 2. The molecule has 0 aromatic heterocycles. The van der Waals surface area contributed by atoms with Gasteiger partial charge in [-0.05, 0) is 54.5 Å². The summed E-state index contributed by atoms with van der Waals surface area (Å²) in [5.41, 5.74) is 1.26. The Hall–Kier alpha value is -2.15. The molecule has 26 heavy (non-hydrogen) atoms. The lowest BCUT2D eigenvalue weighted by Crippen LogP contribution is -2.35. The Kier molecular flexibility index (Phi) is 7.84. The molecule has 0 spiro atoms. The van der Waals surface area contributed by atoms with Crippen LogP contribution < -0.4 is 10.6 Å². The summed E-state index contributed by atoms with van der Waals surface area (Å²) in [6, 6.07) is 13.7. The van der Waals surface area contributed by atoms with E-state index in [0.717, 1.165) is 10.0 Å². The van der Waals surface area contributed by atoms with Crippen LogP contribution >= 0.6 is 27.5 Å². The standard InChI is InChI=1S/C19H18BrClN2O3/c20-15-6-4-14(5-7-15)18(25)23-17(19(26)22-10-1-11-24)12-13-2-8-16(21)9-3-13/h2-9,12,24H,1,10-11H2,(H,22,26)(H,23,25). The van der Waals surface area contributed by atoms with Gasteiger partial charge in [0.05, 0.1) is 0 Å². The molecule has 136 valence electrons. The number of aliphatic hydroxyl groups is 1. The number of nitrogens with one attached hydrogen (secondary N) is 2. The minimum absolute atomic E-state index is 0.0260. The third-order valence-corrected chi connectivity index (χ3v) is 4.18. The van der Waals surface area contributed by atoms with Crippen LogP contribution in [0.5, 0.6) is 0 Å². The van der Waals surface area contributed by atoms with E-state index in [0.29, 0.717) is 23.6 Å². The van der Waals surface area contributed by atoms with Crippen LogP contribution in [0.3, 0.4) is 0 Å². The zero-order valence-corrected chi connectivity index (χ0v) is 16.2. The molecule has 0 unspecified atom stereocenters. The van der Waals surface area contributed by atoms with Crippen molar-refractivity contribution >= 4 is 45.4 Å². The summed E-state index contributed by atoms with van der Waals surface area (Å²) in [5.74, 6) is -0.825. The van der Waals surface area contributed by atoms with E-state index in [1.54, 1.807) is 54.6 Å². The van der Waals surface area contributed by atoms with Crippen molar-refractivity contribution in [3.8, 4) is 0 Å². The average molecular weight is 438 g/mol. The fraction of sp³-hybridized carbons (Fsp3) is 0.158. The topological polar surface area (TPSA) is 78.4 Å². The second-order valence-corrected chi connectivity index (χ2v) is 6.76. The van der Waals surface area contributed by atoms with Gasteiger partial charge in [-0.2, -0.15) is 0 Å². The van der Waals surface area contributed by atoms with Crippen LogP contribution in [0, 0.1) is 0 Å². The van der Waals surface area contributed by atoms with E-state index in [9.17, 15) is 9.59 Å². The molecule has 0 aliphatic carbocycles. The molecule has 0 radical (unpaired) electrons. The van der Waals surface area contributed by atoms with Gasteiger partial charge in [-0.1, -0.05) is 39.7 Å². The summed E-state index contributed by atoms with van der Waals surface area (Å²) in [7, 11) is 0. The first-order chi connectivity index (χ1) is 12.5. The molecule has 0 saturated heterocycles. The smallest absolute Gasteiger partial charge is 0.267 e. The van der Waals surface area contributed by atoms with Crippen molar-refractivity contribution in [1.82, 2.24) is 10.6 Å². The number of hydrogen-bond donors (Lipinski definition) is 3. The first-order valence-corrected chi connectivity index (χ1v) is 9.10. The van der Waals surface area contributed by atoms with Gasteiger partial charge in [-0.3, -0.25) is 9.59 Å². The Labute approximate surface area is 165 Å². The van der Waals surface area contributed by atoms with Gasteiger partial charge in [0.15, 0.2) is 0 Å². The predicted octanol–water partition coefficient (Wildman–Crippen LogP) is 3.37. The van der Waals surface area contributed by atoms with Crippen molar-refractivity contribution in [2.75, 3.05) is 13.2 Å². The molecule has 2 aromatic carbocycles. The van der Waals surface area contributed by atoms with Gasteiger partial charge in [0.1, 0.15) is 5.70 Å². The molecular weight excluding hydrogens is 420 g/mol. The molecule has 2 aromatic rings. The maximum atomic E-state index is 12.4. The zero-order chi connectivity index (χ0) is 18.9. The highest BCUT2D eigenvalue weighted by molar-refractivity contribution is 9.10. The second-order valence-electron chi connectivity index (χ2n) is 5.40. The highest BCUT2D eigenvalue weighted by atomic mass is 79.9. The maximum Gasteiger partial charge on any atom is 0.267 e. The van der Waals surface area contributed by atoms with Crippen molar-refractivity contribution in [1.29, 1.82) is 0 Å². The van der Waals surface area contributed by atoms with Gasteiger partial charge in [0.25, 0.3) is 11.8 Å². The lowest BCUT2D eigenvalue weighted by atomic mass is 10.1. The van der Waals surface area contributed by atoms with E-state index >= 15 is 0 Å². The number of benzene rings is 2. The SMILES string of the molecule is O=C(NCCCO)C(=Cc1ccc(Cl)cc1)NC(=O)c1ccc(Br)cc1. The fourth-order valence-electron chi connectivity index (χ4n) is 2.06. The third kappa shape index (κ3) is 6.29. The van der Waals surface area contributed by atoms with Crippen molar-refractivity contribution in [2.24, 2.45) is 0 Å². The lowest BCUT2D eigenvalue weighted by molar-refractivity contribution is -0.117. The zero-order valence-electron chi connectivity index (χ0n) is 13.8. The maximum absolute atomic E-state index is 12.4. The lowest BCUT2D eigenvalue weighted by Gasteiger charge is -2.11. The minimum atomic E-state index is -0.432. The Morgan fingerprint density at radius 1 is 1.08 bits per heavy atom. The van der Waals surface area contributed by atoms with Crippen LogP contribution in [0.25, 0.3) is 6.08 Å². The molecule has 0 fully saturated rings. The molecule has 0 aliphatic heterocycles. The van der Waals surface area contributed by atoms with Crippen LogP contribution in [0.1, 0.15) is 22.3 Å². The van der Waals surface area contributed by atoms with Gasteiger partial charge in [-0.15, -0.1) is 0 Å². The molecule has 0 aliphatic rings. The van der Waals surface area contributed by atoms with Crippen LogP contribution in [-0.2, 0) is 4.79 Å². The summed E-state index contributed by atoms with van der Waals surface area (Å²) >= 11 is 9.19. The summed E-state index contributed by atoms with van der Waals surface area (Å²) < 4.78 is 0.854. The van der Waals surface area contributed by atoms with Crippen molar-refractivity contribution in [2.45, 2.75) is 6.42 Å². The summed E-state index contributed by atoms with van der Waals surface area (Å²) in [6.45, 7) is 0.281. The number of carbonyl (C=O) groups is 2. The first-order valence-electron chi connectivity index (χ1n) is 7.93. The molecule has 2 rings (SSSR count). The summed E-state index contributed by atoms with van der Waals surface area (Å²) in [6.07, 6.45) is 2.00. The minimum Gasteiger partial charge on any atom is -0.396 e. The molecule has 5 nitrogen and oxygen atoms in total. The summed E-state index contributed by atoms with van der Waals surface area (Å²) in [4.78, 5) is 24.8. The quantitative estimate of drug-likeness (QED) is 0.459. The first kappa shape index (κ1) is 20.2. The van der Waals surface area contributed by atoms with E-state index in [1.165, 1.54) is 0 Å². The molecule has 2 amide bonds. The predicted molar refractivity (Wildman–Crippen MR) is 106 cm³/mol. The Bertz CT molecular complexity index is 789. The van der Waals surface area contributed by atoms with Gasteiger partial charge in [0.2, 0.25) is 0 Å². The van der Waals surface area contributed by atoms with Crippen molar-refractivity contribution in [3.05, 3.63) is 74.9 Å². The normalized spacial score (nSPS) is 11.1. The van der Waals surface area contributed by atoms with Crippen LogP contribution in [-0.4, -0.2) is 30.1 Å². The van der Waals surface area contributed by atoms with E-state index in [1.807, 2.05) is 0 Å². The average Bonchev–Trinajstić information content (AvgIpc) is 2.63. The number of aliphatic hydroxyl groups excluding tert-OH is 1. The van der Waals surface area contributed by atoms with E-state index < -0.39 is 11.8 Å². The molecule has 3 N–H and O–H groups in total. The van der Waals surface area contributed by atoms with E-state index in [-0.39, 0.29) is 12.3 Å². The van der Waals surface area contributed by atoms with Crippen LogP contribution in [0.4, 0.5) is 0 Å². The second kappa shape index (κ2) is 10.1. The Morgan fingerprint density at radius 2 is 1.73 bits per heavy atom. The molecule has 0 saturated carbocycles. The molecule has 0 bridgehead atoms. The van der Waals surface area contributed by atoms with Gasteiger partial charge in [-0.25, -0.2) is 0 Å². The highest BCUT2D eigenvalue weighted by Crippen LogP contribution is 2.13. The Morgan fingerprint density at radius 3 is 2.35 bits per heavy atom. The monoisotopic (exact) mass is 436 g/mol. The van der Waals surface area contributed by atoms with Gasteiger partial charge in [0, 0.05) is 28.2 Å². The van der Waals surface area contributed by atoms with Crippen LogP contribution in [0.15, 0.2) is 58.7 Å². The van der Waals surface area contributed by atoms with Gasteiger partial charge >= 0.3 is 0 Å². The molecule has 7 heteroatoms. The fourth-order valence-corrected chi connectivity index (χ4v) is 2.45. The number of halogens is 2. The molecular formula is C19H18BrClN2O3. The molecule has 0 atom stereocenters. The van der Waals surface area contributed by atoms with Gasteiger partial charge < -0.3 is 15.7 Å². The number of hydrogen-bond acceptors (Lipinski definition) is 3. The largest absolute Gasteiger partial charge is 0.396 e. The van der Waals surface area contributed by atoms with Crippen LogP contribution in [0.2, 0.25) is 5.02 Å². The third-order valence-electron chi connectivity index (χ3n) is 3.40. The number of rotatable bonds is 7. The van der Waals surface area contributed by atoms with Crippen molar-refractivity contribution in [3.63, 3.8) is 0 Å². The van der Waals surface area contributed by atoms with Crippen molar-refractivity contribution < 1.29 is 14.7 Å². The number of amides is 2. The summed E-state index contributed by atoms with van der Waals surface area (Å²) in [5, 5.41) is 14.7. The highest BCUT2D eigenvalue weighted by Gasteiger charge is 2.14. The van der Waals surface area contributed by atoms with E-state index in [2.05, 4.69) is 26.6 Å². The Balaban J connectivity index is 2.21. The molecule has 0 heterocycles.